The van der Waals surface area contributed by atoms with Crippen molar-refractivity contribution in [3.8, 4) is 0 Å². The lowest BCUT2D eigenvalue weighted by Gasteiger charge is -2.41. The Bertz CT molecular complexity index is 1050. The van der Waals surface area contributed by atoms with Gasteiger partial charge in [-0.25, -0.2) is 4.98 Å². The molecule has 2 aromatic rings. The number of piperazine rings is 1. The number of oxazole rings is 1. The topological polar surface area (TPSA) is 52.8 Å². The molecule has 2 aliphatic rings. The van der Waals surface area contributed by atoms with Crippen molar-refractivity contribution in [1.82, 2.24) is 19.7 Å². The van der Waals surface area contributed by atoms with E-state index in [4.69, 9.17) is 4.42 Å². The number of aromatic nitrogens is 1. The van der Waals surface area contributed by atoms with E-state index in [1.165, 1.54) is 0 Å². The van der Waals surface area contributed by atoms with Crippen LogP contribution in [-0.2, 0) is 4.79 Å². The number of rotatable bonds is 3. The minimum Gasteiger partial charge on any atom is -0.441 e. The van der Waals surface area contributed by atoms with E-state index in [9.17, 15) is 4.79 Å². The highest BCUT2D eigenvalue weighted by atomic mass is 16.3. The number of fused-ring (bicyclic) bond motifs is 1. The standard InChI is InChI=1S/C24H30N4O2.C2H6/c1-16(20-7-9-22-23(13-20)30-19(4)25-22)12-24(29)28-15-21(8-6-17(28)2)27-11-10-26(5)18(3)14-27;1-2/h6-9,12-13,15,17-18H,10-11,14H2,1-5H3;1-2H3/b16-12+;/t17?,18-;/m0./s1. The molecule has 6 nitrogen and oxygen atoms in total. The second kappa shape index (κ2) is 10.2. The third-order valence-corrected chi connectivity index (χ3v) is 6.13. The Labute approximate surface area is 191 Å². The average Bonchev–Trinajstić information content (AvgIpc) is 3.16. The van der Waals surface area contributed by atoms with Crippen LogP contribution in [0.25, 0.3) is 16.7 Å². The summed E-state index contributed by atoms with van der Waals surface area (Å²) in [6, 6.07) is 6.38. The van der Waals surface area contributed by atoms with Gasteiger partial charge in [-0.3, -0.25) is 4.79 Å². The predicted octanol–water partition coefficient (Wildman–Crippen LogP) is 4.83. The second-order valence-corrected chi connectivity index (χ2v) is 8.42. The lowest BCUT2D eigenvalue weighted by atomic mass is 10.1. The van der Waals surface area contributed by atoms with Gasteiger partial charge in [0.25, 0.3) is 5.91 Å². The van der Waals surface area contributed by atoms with Gasteiger partial charge in [0, 0.05) is 44.9 Å². The van der Waals surface area contributed by atoms with Gasteiger partial charge in [0.2, 0.25) is 0 Å². The van der Waals surface area contributed by atoms with Crippen molar-refractivity contribution in [1.29, 1.82) is 0 Å². The van der Waals surface area contributed by atoms with Gasteiger partial charge in [-0.1, -0.05) is 26.0 Å². The maximum atomic E-state index is 13.1. The number of benzene rings is 1. The summed E-state index contributed by atoms with van der Waals surface area (Å²) in [4.78, 5) is 24.0. The van der Waals surface area contributed by atoms with Gasteiger partial charge in [-0.2, -0.15) is 0 Å². The lowest BCUT2D eigenvalue weighted by Crippen LogP contribution is -2.50. The lowest BCUT2D eigenvalue weighted by molar-refractivity contribution is -0.124. The van der Waals surface area contributed by atoms with Crippen molar-refractivity contribution in [2.75, 3.05) is 26.7 Å². The molecular weight excluding hydrogens is 400 g/mol. The number of amides is 1. The molecule has 0 spiro atoms. The largest absolute Gasteiger partial charge is 0.441 e. The molecule has 0 aliphatic carbocycles. The van der Waals surface area contributed by atoms with E-state index in [1.807, 2.05) is 63.9 Å². The van der Waals surface area contributed by atoms with Crippen molar-refractivity contribution >= 4 is 22.6 Å². The summed E-state index contributed by atoms with van der Waals surface area (Å²) in [5.74, 6) is 0.627. The summed E-state index contributed by atoms with van der Waals surface area (Å²) in [5, 5.41) is 0. The highest BCUT2D eigenvalue weighted by Crippen LogP contribution is 2.24. The molecule has 1 saturated heterocycles. The molecule has 1 aromatic carbocycles. The molecule has 0 saturated carbocycles. The van der Waals surface area contributed by atoms with E-state index in [-0.39, 0.29) is 11.9 Å². The quantitative estimate of drug-likeness (QED) is 0.645. The molecule has 0 radical (unpaired) electrons. The summed E-state index contributed by atoms with van der Waals surface area (Å²) in [6.45, 7) is 15.0. The van der Waals surface area contributed by atoms with Crippen molar-refractivity contribution in [2.45, 2.75) is 53.6 Å². The zero-order chi connectivity index (χ0) is 23.4. The Morgan fingerprint density at radius 2 is 1.97 bits per heavy atom. The van der Waals surface area contributed by atoms with E-state index in [1.54, 1.807) is 6.08 Å². The van der Waals surface area contributed by atoms with Gasteiger partial charge in [-0.15, -0.1) is 0 Å². The van der Waals surface area contributed by atoms with E-state index in [2.05, 4.69) is 40.9 Å². The fraction of sp³-hybridized carbons (Fsp3) is 0.462. The molecule has 1 unspecified atom stereocenters. The monoisotopic (exact) mass is 436 g/mol. The van der Waals surface area contributed by atoms with E-state index < -0.39 is 0 Å². The number of aryl methyl sites for hydroxylation is 1. The first-order valence-electron chi connectivity index (χ1n) is 11.5. The van der Waals surface area contributed by atoms with Crippen molar-refractivity contribution < 1.29 is 9.21 Å². The van der Waals surface area contributed by atoms with Gasteiger partial charge in [0.05, 0.1) is 11.7 Å². The van der Waals surface area contributed by atoms with Crippen LogP contribution in [0.15, 0.2) is 52.7 Å². The molecule has 0 N–H and O–H groups in total. The number of likely N-dealkylation sites (N-methyl/N-ethyl adjacent to an activating group) is 1. The number of carbonyl (C=O) groups excluding carboxylic acids is 1. The summed E-state index contributed by atoms with van der Waals surface area (Å²) < 4.78 is 5.63. The predicted molar refractivity (Wildman–Crippen MR) is 131 cm³/mol. The van der Waals surface area contributed by atoms with E-state index in [0.717, 1.165) is 47.6 Å². The zero-order valence-corrected chi connectivity index (χ0v) is 20.4. The molecular formula is C26H36N4O2. The molecule has 172 valence electrons. The van der Waals surface area contributed by atoms with Crippen LogP contribution in [0.4, 0.5) is 0 Å². The van der Waals surface area contributed by atoms with Crippen LogP contribution in [0.2, 0.25) is 0 Å². The van der Waals surface area contributed by atoms with Crippen LogP contribution < -0.4 is 0 Å². The minimum atomic E-state index is -0.0159. The van der Waals surface area contributed by atoms with Crippen LogP contribution in [0, 0.1) is 6.92 Å². The first kappa shape index (κ1) is 23.8. The van der Waals surface area contributed by atoms with Crippen LogP contribution in [0.5, 0.6) is 0 Å². The van der Waals surface area contributed by atoms with E-state index >= 15 is 0 Å². The Balaban J connectivity index is 0.00000141. The SMILES string of the molecule is C/C(=C\C(=O)N1C=C(N2CCN(C)[C@@H](C)C2)C=CC1C)c1ccc2nc(C)oc2c1.CC. The summed E-state index contributed by atoms with van der Waals surface area (Å²) >= 11 is 0. The second-order valence-electron chi connectivity index (χ2n) is 8.42. The Morgan fingerprint density at radius 3 is 2.69 bits per heavy atom. The van der Waals surface area contributed by atoms with Gasteiger partial charge in [-0.05, 0) is 57.2 Å². The molecule has 6 heteroatoms. The third kappa shape index (κ3) is 5.13. The highest BCUT2D eigenvalue weighted by molar-refractivity contribution is 5.96. The molecule has 0 bridgehead atoms. The molecule has 32 heavy (non-hydrogen) atoms. The summed E-state index contributed by atoms with van der Waals surface area (Å²) in [7, 11) is 2.16. The number of hydrogen-bond acceptors (Lipinski definition) is 5. The van der Waals surface area contributed by atoms with Gasteiger partial charge in [0.15, 0.2) is 11.5 Å². The van der Waals surface area contributed by atoms with Crippen molar-refractivity contribution in [2.24, 2.45) is 0 Å². The molecule has 2 aliphatic heterocycles. The van der Waals surface area contributed by atoms with Crippen molar-refractivity contribution in [3.63, 3.8) is 0 Å². The average molecular weight is 437 g/mol. The summed E-state index contributed by atoms with van der Waals surface area (Å²) in [5.41, 5.74) is 4.54. The first-order valence-corrected chi connectivity index (χ1v) is 11.5. The van der Waals surface area contributed by atoms with Gasteiger partial charge in [0.1, 0.15) is 5.52 Å². The van der Waals surface area contributed by atoms with Crippen LogP contribution in [0.1, 0.15) is 46.1 Å². The maximum Gasteiger partial charge on any atom is 0.251 e. The highest BCUT2D eigenvalue weighted by Gasteiger charge is 2.25. The molecule has 2 atom stereocenters. The smallest absolute Gasteiger partial charge is 0.251 e. The maximum absolute atomic E-state index is 13.1. The number of carbonyl (C=O) groups is 1. The fourth-order valence-corrected chi connectivity index (χ4v) is 4.00. The van der Waals surface area contributed by atoms with Crippen LogP contribution in [0.3, 0.4) is 0 Å². The molecule has 1 fully saturated rings. The molecule has 3 heterocycles. The summed E-state index contributed by atoms with van der Waals surface area (Å²) in [6.07, 6.45) is 7.95. The fourth-order valence-electron chi connectivity index (χ4n) is 4.00. The molecule has 4 rings (SSSR count). The van der Waals surface area contributed by atoms with Crippen LogP contribution in [-0.4, -0.2) is 64.4 Å². The Kier molecular flexibility index (Phi) is 7.56. The molecule has 1 aromatic heterocycles. The van der Waals surface area contributed by atoms with Crippen LogP contribution >= 0.6 is 0 Å². The Hall–Kier alpha value is -2.86. The molecule has 1 amide bonds. The minimum absolute atomic E-state index is 0.0159. The Morgan fingerprint density at radius 1 is 1.22 bits per heavy atom. The number of allylic oxidation sites excluding steroid dienone is 2. The van der Waals surface area contributed by atoms with E-state index in [0.29, 0.717) is 11.9 Å². The normalized spacial score (nSPS) is 22.0. The van der Waals surface area contributed by atoms with Gasteiger partial charge < -0.3 is 19.1 Å². The number of hydrogen-bond donors (Lipinski definition) is 0. The zero-order valence-electron chi connectivity index (χ0n) is 20.4. The first-order chi connectivity index (χ1) is 15.3. The van der Waals surface area contributed by atoms with Gasteiger partial charge >= 0.3 is 0 Å². The number of nitrogens with zero attached hydrogens (tertiary/aromatic N) is 4. The van der Waals surface area contributed by atoms with Crippen molar-refractivity contribution in [3.05, 3.63) is 59.8 Å². The third-order valence-electron chi connectivity index (χ3n) is 6.13.